The molecule has 1 aliphatic carbocycles. The minimum atomic E-state index is -0.857. The molecular formula is C15H19NO3. The summed E-state index contributed by atoms with van der Waals surface area (Å²) in [5.74, 6) is -1.80. The molecule has 0 saturated heterocycles. The Morgan fingerprint density at radius 3 is 2.37 bits per heavy atom. The number of amides is 1. The second-order valence-corrected chi connectivity index (χ2v) is 5.16. The number of hydrogen-bond acceptors (Lipinski definition) is 2. The summed E-state index contributed by atoms with van der Waals surface area (Å²) in [6, 6.07) is 8.18. The molecule has 1 aromatic carbocycles. The molecule has 2 N–H and O–H groups in total. The maximum atomic E-state index is 11.8. The average Bonchev–Trinajstić information content (AvgIpc) is 2.29. The minimum absolute atomic E-state index is 0.120. The Balaban J connectivity index is 1.75. The number of aliphatic carboxylic acids is 1. The maximum absolute atomic E-state index is 11.8. The number of carbonyl (C=O) groups is 2. The van der Waals surface area contributed by atoms with Crippen molar-refractivity contribution in [2.45, 2.75) is 26.2 Å². The van der Waals surface area contributed by atoms with Crippen molar-refractivity contribution in [3.63, 3.8) is 0 Å². The summed E-state index contributed by atoms with van der Waals surface area (Å²) in [4.78, 5) is 22.7. The lowest BCUT2D eigenvalue weighted by atomic mass is 9.73. The summed E-state index contributed by atoms with van der Waals surface area (Å²) in [5, 5.41) is 11.7. The molecule has 0 heterocycles. The average molecular weight is 261 g/mol. The van der Waals surface area contributed by atoms with E-state index in [4.69, 9.17) is 5.11 Å². The maximum Gasteiger partial charge on any atom is 0.307 e. The molecule has 4 nitrogen and oxygen atoms in total. The fraction of sp³-hybridized carbons (Fsp3) is 0.467. The molecule has 2 unspecified atom stereocenters. The van der Waals surface area contributed by atoms with E-state index in [-0.39, 0.29) is 11.8 Å². The van der Waals surface area contributed by atoms with Crippen LogP contribution in [-0.2, 0) is 16.0 Å². The predicted octanol–water partition coefficient (Wildman–Crippen LogP) is 1.76. The van der Waals surface area contributed by atoms with Crippen LogP contribution in [0.15, 0.2) is 24.3 Å². The second kappa shape index (κ2) is 5.87. The zero-order valence-electron chi connectivity index (χ0n) is 11.1. The van der Waals surface area contributed by atoms with Crippen LogP contribution >= 0.6 is 0 Å². The second-order valence-electron chi connectivity index (χ2n) is 5.16. The van der Waals surface area contributed by atoms with Crippen LogP contribution in [0.25, 0.3) is 0 Å². The van der Waals surface area contributed by atoms with E-state index in [0.717, 1.165) is 6.42 Å². The number of nitrogens with one attached hydrogen (secondary N) is 1. The number of carboxylic acids is 1. The molecule has 102 valence electrons. The number of hydrogen-bond donors (Lipinski definition) is 2. The largest absolute Gasteiger partial charge is 0.481 e. The lowest BCUT2D eigenvalue weighted by molar-refractivity contribution is -0.152. The monoisotopic (exact) mass is 261 g/mol. The van der Waals surface area contributed by atoms with Crippen LogP contribution in [0.1, 0.15) is 24.0 Å². The zero-order valence-corrected chi connectivity index (χ0v) is 11.1. The molecule has 0 spiro atoms. The first-order valence-electron chi connectivity index (χ1n) is 6.64. The van der Waals surface area contributed by atoms with Gasteiger partial charge in [-0.2, -0.15) is 0 Å². The van der Waals surface area contributed by atoms with Crippen LogP contribution in [-0.4, -0.2) is 23.5 Å². The smallest absolute Gasteiger partial charge is 0.307 e. The first-order valence-corrected chi connectivity index (χ1v) is 6.64. The standard InChI is InChI=1S/C15H19NO3/c1-10-2-4-11(5-3-10)8-9-16-14(17)12-6-7-13(12)15(18)19/h2-5,12-13H,6-9H2,1H3,(H,16,17)(H,18,19). The highest BCUT2D eigenvalue weighted by atomic mass is 16.4. The van der Waals surface area contributed by atoms with Crippen LogP contribution in [0.2, 0.25) is 0 Å². The highest BCUT2D eigenvalue weighted by Crippen LogP contribution is 2.34. The fourth-order valence-corrected chi connectivity index (χ4v) is 2.33. The van der Waals surface area contributed by atoms with E-state index < -0.39 is 11.9 Å². The summed E-state index contributed by atoms with van der Waals surface area (Å²) in [7, 11) is 0. The van der Waals surface area contributed by atoms with Gasteiger partial charge in [-0.05, 0) is 31.7 Å². The van der Waals surface area contributed by atoms with Gasteiger partial charge in [-0.1, -0.05) is 29.8 Å². The van der Waals surface area contributed by atoms with Crippen molar-refractivity contribution in [3.8, 4) is 0 Å². The van der Waals surface area contributed by atoms with Gasteiger partial charge in [0.15, 0.2) is 0 Å². The van der Waals surface area contributed by atoms with E-state index in [1.807, 2.05) is 31.2 Å². The SMILES string of the molecule is Cc1ccc(CCNC(=O)C2CCC2C(=O)O)cc1. The molecule has 19 heavy (non-hydrogen) atoms. The quantitative estimate of drug-likeness (QED) is 0.848. The van der Waals surface area contributed by atoms with Crippen LogP contribution in [0.3, 0.4) is 0 Å². The molecule has 0 bridgehead atoms. The van der Waals surface area contributed by atoms with E-state index in [9.17, 15) is 9.59 Å². The van der Waals surface area contributed by atoms with Crippen LogP contribution < -0.4 is 5.32 Å². The van der Waals surface area contributed by atoms with E-state index in [1.54, 1.807) is 0 Å². The molecule has 1 saturated carbocycles. The lowest BCUT2D eigenvalue weighted by Crippen LogP contribution is -2.44. The van der Waals surface area contributed by atoms with Crippen molar-refractivity contribution in [2.75, 3.05) is 6.54 Å². The highest BCUT2D eigenvalue weighted by Gasteiger charge is 2.41. The molecule has 4 heteroatoms. The Kier molecular flexibility index (Phi) is 4.20. The van der Waals surface area contributed by atoms with E-state index in [1.165, 1.54) is 11.1 Å². The van der Waals surface area contributed by atoms with Gasteiger partial charge in [0.2, 0.25) is 5.91 Å². The van der Waals surface area contributed by atoms with Crippen molar-refractivity contribution in [1.82, 2.24) is 5.32 Å². The molecule has 1 amide bonds. The van der Waals surface area contributed by atoms with Gasteiger partial charge in [0.25, 0.3) is 0 Å². The lowest BCUT2D eigenvalue weighted by Gasteiger charge is -2.31. The molecule has 0 aromatic heterocycles. The summed E-state index contributed by atoms with van der Waals surface area (Å²) in [5.41, 5.74) is 2.39. The van der Waals surface area contributed by atoms with Crippen molar-refractivity contribution >= 4 is 11.9 Å². The molecule has 2 atom stereocenters. The molecule has 2 rings (SSSR count). The van der Waals surface area contributed by atoms with E-state index in [0.29, 0.717) is 19.4 Å². The van der Waals surface area contributed by atoms with Gasteiger partial charge in [-0.15, -0.1) is 0 Å². The van der Waals surface area contributed by atoms with Crippen molar-refractivity contribution in [2.24, 2.45) is 11.8 Å². The number of aryl methyl sites for hydroxylation is 1. The van der Waals surface area contributed by atoms with E-state index in [2.05, 4.69) is 5.32 Å². The molecule has 1 aliphatic rings. The third kappa shape index (κ3) is 3.34. The number of benzene rings is 1. The summed E-state index contributed by atoms with van der Waals surface area (Å²) in [6.07, 6.45) is 2.08. The van der Waals surface area contributed by atoms with Crippen LogP contribution in [0.5, 0.6) is 0 Å². The molecule has 1 fully saturated rings. The number of carboxylic acid groups (broad SMARTS) is 1. The Hall–Kier alpha value is -1.84. The van der Waals surface area contributed by atoms with Gasteiger partial charge in [-0.25, -0.2) is 0 Å². The van der Waals surface area contributed by atoms with Gasteiger partial charge >= 0.3 is 5.97 Å². The third-order valence-corrected chi connectivity index (χ3v) is 3.76. The van der Waals surface area contributed by atoms with Gasteiger partial charge in [0, 0.05) is 6.54 Å². The zero-order chi connectivity index (χ0) is 13.8. The van der Waals surface area contributed by atoms with Gasteiger partial charge in [0.05, 0.1) is 11.8 Å². The van der Waals surface area contributed by atoms with Gasteiger partial charge in [-0.3, -0.25) is 9.59 Å². The fourth-order valence-electron chi connectivity index (χ4n) is 2.33. The van der Waals surface area contributed by atoms with Crippen molar-refractivity contribution < 1.29 is 14.7 Å². The Bertz CT molecular complexity index is 467. The predicted molar refractivity (Wildman–Crippen MR) is 71.7 cm³/mol. The Morgan fingerprint density at radius 1 is 1.21 bits per heavy atom. The van der Waals surface area contributed by atoms with Crippen LogP contribution in [0, 0.1) is 18.8 Å². The van der Waals surface area contributed by atoms with Crippen molar-refractivity contribution in [3.05, 3.63) is 35.4 Å². The molecule has 1 aromatic rings. The van der Waals surface area contributed by atoms with E-state index >= 15 is 0 Å². The Labute approximate surface area is 112 Å². The number of carbonyl (C=O) groups excluding carboxylic acids is 1. The number of rotatable bonds is 5. The van der Waals surface area contributed by atoms with Gasteiger partial charge < -0.3 is 10.4 Å². The first kappa shape index (κ1) is 13.6. The normalized spacial score (nSPS) is 21.5. The summed E-state index contributed by atoms with van der Waals surface area (Å²) >= 11 is 0. The third-order valence-electron chi connectivity index (χ3n) is 3.76. The summed E-state index contributed by atoms with van der Waals surface area (Å²) < 4.78 is 0. The minimum Gasteiger partial charge on any atom is -0.481 e. The molecule has 0 radical (unpaired) electrons. The molecule has 0 aliphatic heterocycles. The molecular weight excluding hydrogens is 242 g/mol. The topological polar surface area (TPSA) is 66.4 Å². The van der Waals surface area contributed by atoms with Gasteiger partial charge in [0.1, 0.15) is 0 Å². The highest BCUT2D eigenvalue weighted by molar-refractivity contribution is 5.86. The first-order chi connectivity index (χ1) is 9.08. The van der Waals surface area contributed by atoms with Crippen molar-refractivity contribution in [1.29, 1.82) is 0 Å². The summed E-state index contributed by atoms with van der Waals surface area (Å²) in [6.45, 7) is 2.60. The van der Waals surface area contributed by atoms with Crippen LogP contribution in [0.4, 0.5) is 0 Å². The Morgan fingerprint density at radius 2 is 1.84 bits per heavy atom.